The molecule has 1 fully saturated rings. The Morgan fingerprint density at radius 1 is 1.21 bits per heavy atom. The van der Waals surface area contributed by atoms with Crippen LogP contribution in [-0.4, -0.2) is 29.3 Å². The number of carbonyl (C=O) groups is 2. The summed E-state index contributed by atoms with van der Waals surface area (Å²) >= 11 is 6.82. The van der Waals surface area contributed by atoms with Gasteiger partial charge in [0.2, 0.25) is 5.91 Å². The fourth-order valence-electron chi connectivity index (χ4n) is 2.80. The van der Waals surface area contributed by atoms with Crippen LogP contribution in [0.3, 0.4) is 0 Å². The lowest BCUT2D eigenvalue weighted by Crippen LogP contribution is -2.50. The zero-order valence-electron chi connectivity index (χ0n) is 12.8. The summed E-state index contributed by atoms with van der Waals surface area (Å²) in [7, 11) is 0. The number of likely N-dealkylation sites (tertiary alicyclic amines) is 1. The average molecular weight is 456 g/mol. The second-order valence-electron chi connectivity index (χ2n) is 5.60. The van der Waals surface area contributed by atoms with E-state index in [9.17, 15) is 9.59 Å². The fourth-order valence-corrected chi connectivity index (χ4v) is 3.51. The Morgan fingerprint density at radius 2 is 2.04 bits per heavy atom. The Kier molecular flexibility index (Phi) is 5.40. The van der Waals surface area contributed by atoms with Gasteiger partial charge in [0.1, 0.15) is 6.04 Å². The van der Waals surface area contributed by atoms with Gasteiger partial charge in [0.15, 0.2) is 5.76 Å². The quantitative estimate of drug-likeness (QED) is 0.744. The van der Waals surface area contributed by atoms with Gasteiger partial charge >= 0.3 is 0 Å². The summed E-state index contributed by atoms with van der Waals surface area (Å²) in [5.74, 6) is -0.167. The van der Waals surface area contributed by atoms with Crippen LogP contribution in [0.25, 0.3) is 0 Å². The number of benzene rings is 1. The molecule has 1 aromatic heterocycles. The molecule has 2 amide bonds. The van der Waals surface area contributed by atoms with Gasteiger partial charge in [-0.25, -0.2) is 0 Å². The molecule has 1 aliphatic heterocycles. The monoisotopic (exact) mass is 454 g/mol. The van der Waals surface area contributed by atoms with Gasteiger partial charge in [-0.05, 0) is 65.5 Å². The van der Waals surface area contributed by atoms with Crippen LogP contribution in [0, 0.1) is 0 Å². The van der Waals surface area contributed by atoms with Gasteiger partial charge in [0, 0.05) is 15.5 Å². The molecule has 1 aliphatic rings. The van der Waals surface area contributed by atoms with Crippen molar-refractivity contribution in [1.29, 1.82) is 0 Å². The highest BCUT2D eigenvalue weighted by atomic mass is 79.9. The summed E-state index contributed by atoms with van der Waals surface area (Å²) in [6.45, 7) is 0.553. The van der Waals surface area contributed by atoms with Crippen molar-refractivity contribution in [2.24, 2.45) is 0 Å². The van der Waals surface area contributed by atoms with Crippen LogP contribution in [0.2, 0.25) is 0 Å². The van der Waals surface area contributed by atoms with Gasteiger partial charge in [0.05, 0.1) is 12.0 Å². The minimum absolute atomic E-state index is 0.187. The van der Waals surface area contributed by atoms with E-state index in [1.807, 2.05) is 18.2 Å². The number of hydrogen-bond donors (Lipinski definition) is 1. The molecule has 126 valence electrons. The van der Waals surface area contributed by atoms with Crippen LogP contribution in [-0.2, 0) is 4.79 Å². The molecule has 24 heavy (non-hydrogen) atoms. The Balaban J connectivity index is 1.78. The molecule has 1 saturated heterocycles. The lowest BCUT2D eigenvalue weighted by molar-refractivity contribution is -0.121. The minimum atomic E-state index is -0.498. The van der Waals surface area contributed by atoms with Crippen molar-refractivity contribution < 1.29 is 14.0 Å². The summed E-state index contributed by atoms with van der Waals surface area (Å²) in [4.78, 5) is 26.9. The normalized spacial score (nSPS) is 17.6. The van der Waals surface area contributed by atoms with Crippen molar-refractivity contribution in [3.63, 3.8) is 0 Å². The highest BCUT2D eigenvalue weighted by Gasteiger charge is 2.33. The predicted octanol–water partition coefficient (Wildman–Crippen LogP) is 4.44. The van der Waals surface area contributed by atoms with Crippen LogP contribution in [0.1, 0.15) is 29.8 Å². The summed E-state index contributed by atoms with van der Waals surface area (Å²) in [6, 6.07) is 8.35. The summed E-state index contributed by atoms with van der Waals surface area (Å²) < 4.78 is 6.85. The molecule has 2 heterocycles. The average Bonchev–Trinajstić information content (AvgIpc) is 3.12. The third-order valence-corrected chi connectivity index (χ3v) is 5.17. The standard InChI is InChI=1S/C17H16Br2N2O3/c18-11-6-7-12(19)13(10-11)20-16(22)14-4-1-2-8-21(14)17(23)15-5-3-9-24-15/h3,5-7,9-10,14H,1-2,4,8H2,(H,20,22). The van der Waals surface area contributed by atoms with E-state index in [0.29, 0.717) is 18.7 Å². The number of anilines is 1. The molecule has 7 heteroatoms. The third-order valence-electron chi connectivity index (χ3n) is 3.98. The number of amides is 2. The maximum Gasteiger partial charge on any atom is 0.290 e. The van der Waals surface area contributed by atoms with Crippen molar-refractivity contribution in [2.75, 3.05) is 11.9 Å². The Morgan fingerprint density at radius 3 is 2.79 bits per heavy atom. The maximum atomic E-state index is 12.7. The molecule has 0 spiro atoms. The molecule has 1 atom stereocenters. The topological polar surface area (TPSA) is 62.6 Å². The van der Waals surface area contributed by atoms with Crippen molar-refractivity contribution in [1.82, 2.24) is 4.90 Å². The van der Waals surface area contributed by atoms with Crippen LogP contribution in [0.15, 0.2) is 50.0 Å². The van der Waals surface area contributed by atoms with E-state index in [0.717, 1.165) is 21.8 Å². The lowest BCUT2D eigenvalue weighted by atomic mass is 10.0. The van der Waals surface area contributed by atoms with Gasteiger partial charge in [-0.15, -0.1) is 0 Å². The highest BCUT2D eigenvalue weighted by Crippen LogP contribution is 2.28. The maximum absolute atomic E-state index is 12.7. The lowest BCUT2D eigenvalue weighted by Gasteiger charge is -2.34. The first-order chi connectivity index (χ1) is 11.6. The highest BCUT2D eigenvalue weighted by molar-refractivity contribution is 9.11. The van der Waals surface area contributed by atoms with E-state index in [4.69, 9.17) is 4.42 Å². The molecule has 0 aliphatic carbocycles. The zero-order chi connectivity index (χ0) is 17.1. The van der Waals surface area contributed by atoms with Gasteiger partial charge in [-0.3, -0.25) is 9.59 Å². The Bertz CT molecular complexity index is 746. The second kappa shape index (κ2) is 7.53. The van der Waals surface area contributed by atoms with Crippen molar-refractivity contribution in [3.8, 4) is 0 Å². The van der Waals surface area contributed by atoms with Crippen molar-refractivity contribution >= 4 is 49.4 Å². The fraction of sp³-hybridized carbons (Fsp3) is 0.294. The predicted molar refractivity (Wildman–Crippen MR) is 97.9 cm³/mol. The first-order valence-electron chi connectivity index (χ1n) is 7.66. The van der Waals surface area contributed by atoms with Crippen LogP contribution < -0.4 is 5.32 Å². The first kappa shape index (κ1) is 17.2. The number of hydrogen-bond acceptors (Lipinski definition) is 3. The van der Waals surface area contributed by atoms with Gasteiger partial charge < -0.3 is 14.6 Å². The van der Waals surface area contributed by atoms with Gasteiger partial charge in [0.25, 0.3) is 5.91 Å². The first-order valence-corrected chi connectivity index (χ1v) is 9.25. The van der Waals surface area contributed by atoms with E-state index < -0.39 is 6.04 Å². The third kappa shape index (κ3) is 3.72. The summed E-state index contributed by atoms with van der Waals surface area (Å²) in [5, 5.41) is 2.91. The number of carbonyl (C=O) groups excluding carboxylic acids is 2. The number of nitrogens with one attached hydrogen (secondary N) is 1. The smallest absolute Gasteiger partial charge is 0.290 e. The summed E-state index contributed by atoms with van der Waals surface area (Å²) in [5.41, 5.74) is 0.672. The van der Waals surface area contributed by atoms with E-state index in [1.54, 1.807) is 17.0 Å². The molecule has 1 unspecified atom stereocenters. The van der Waals surface area contributed by atoms with Crippen molar-refractivity contribution in [2.45, 2.75) is 25.3 Å². The number of halogens is 2. The van der Waals surface area contributed by atoms with E-state index >= 15 is 0 Å². The van der Waals surface area contributed by atoms with Crippen LogP contribution in [0.4, 0.5) is 5.69 Å². The Hall–Kier alpha value is -1.60. The molecular weight excluding hydrogens is 440 g/mol. The molecule has 1 aromatic carbocycles. The number of furan rings is 1. The molecule has 2 aromatic rings. The molecule has 3 rings (SSSR count). The molecular formula is C17H16Br2N2O3. The zero-order valence-corrected chi connectivity index (χ0v) is 16.0. The van der Waals surface area contributed by atoms with Crippen LogP contribution >= 0.6 is 31.9 Å². The van der Waals surface area contributed by atoms with Crippen LogP contribution in [0.5, 0.6) is 0 Å². The van der Waals surface area contributed by atoms with Gasteiger partial charge in [-0.2, -0.15) is 0 Å². The van der Waals surface area contributed by atoms with E-state index in [1.165, 1.54) is 6.26 Å². The minimum Gasteiger partial charge on any atom is -0.459 e. The SMILES string of the molecule is O=C(Nc1cc(Br)ccc1Br)C1CCCCN1C(=O)c1ccco1. The largest absolute Gasteiger partial charge is 0.459 e. The van der Waals surface area contributed by atoms with Gasteiger partial charge in [-0.1, -0.05) is 15.9 Å². The second-order valence-corrected chi connectivity index (χ2v) is 7.37. The molecule has 0 bridgehead atoms. The molecule has 0 saturated carbocycles. The Labute approximate surface area is 156 Å². The number of nitrogens with zero attached hydrogens (tertiary/aromatic N) is 1. The number of rotatable bonds is 3. The summed E-state index contributed by atoms with van der Waals surface area (Å²) in [6.07, 6.45) is 3.91. The molecule has 0 radical (unpaired) electrons. The van der Waals surface area contributed by atoms with E-state index in [-0.39, 0.29) is 17.6 Å². The van der Waals surface area contributed by atoms with E-state index in [2.05, 4.69) is 37.2 Å². The number of piperidine rings is 1. The van der Waals surface area contributed by atoms with Crippen molar-refractivity contribution in [3.05, 3.63) is 51.3 Å². The molecule has 1 N–H and O–H groups in total. The molecule has 5 nitrogen and oxygen atoms in total.